The molecule has 0 saturated heterocycles. The van der Waals surface area contributed by atoms with Crippen LogP contribution in [0, 0.1) is 11.8 Å². The fraction of sp³-hybridized carbons (Fsp3) is 0.917. The molecule has 0 aromatic rings. The van der Waals surface area contributed by atoms with E-state index in [2.05, 4.69) is 12.2 Å². The van der Waals surface area contributed by atoms with Crippen molar-refractivity contribution in [3.05, 3.63) is 0 Å². The van der Waals surface area contributed by atoms with Crippen molar-refractivity contribution in [1.29, 1.82) is 0 Å². The van der Waals surface area contributed by atoms with Gasteiger partial charge in [-0.2, -0.15) is 0 Å². The summed E-state index contributed by atoms with van der Waals surface area (Å²) in [5, 5.41) is 3.08. The standard InChI is InChI=1S/C12H24N2O.ClH/c1-9(8-13)12(15)14-10(2)11-6-4-3-5-7-11;/h9-11H,3-8,13H2,1-2H3,(H,14,15);1H. The molecular formula is C12H25ClN2O. The van der Waals surface area contributed by atoms with Crippen LogP contribution in [0.4, 0.5) is 0 Å². The molecule has 0 aliphatic heterocycles. The van der Waals surface area contributed by atoms with Gasteiger partial charge in [0.05, 0.1) is 0 Å². The summed E-state index contributed by atoms with van der Waals surface area (Å²) < 4.78 is 0. The number of carbonyl (C=O) groups excluding carboxylic acids is 1. The highest BCUT2D eigenvalue weighted by molar-refractivity contribution is 5.85. The van der Waals surface area contributed by atoms with Crippen molar-refractivity contribution in [2.24, 2.45) is 17.6 Å². The first-order valence-corrected chi connectivity index (χ1v) is 6.15. The van der Waals surface area contributed by atoms with Crippen LogP contribution in [-0.4, -0.2) is 18.5 Å². The number of nitrogens with two attached hydrogens (primary N) is 1. The van der Waals surface area contributed by atoms with Crippen molar-refractivity contribution >= 4 is 18.3 Å². The molecule has 3 N–H and O–H groups in total. The molecule has 1 rings (SSSR count). The Labute approximate surface area is 105 Å². The van der Waals surface area contributed by atoms with E-state index >= 15 is 0 Å². The molecule has 0 spiro atoms. The normalized spacial score (nSPS) is 20.7. The Morgan fingerprint density at radius 2 is 1.88 bits per heavy atom. The molecule has 4 heteroatoms. The number of nitrogens with one attached hydrogen (secondary N) is 1. The number of hydrogen-bond acceptors (Lipinski definition) is 2. The van der Waals surface area contributed by atoms with E-state index in [0.29, 0.717) is 18.5 Å². The summed E-state index contributed by atoms with van der Waals surface area (Å²) in [5.74, 6) is 0.722. The van der Waals surface area contributed by atoms with Gasteiger partial charge in [-0.05, 0) is 25.7 Å². The van der Waals surface area contributed by atoms with Crippen molar-refractivity contribution in [1.82, 2.24) is 5.32 Å². The highest BCUT2D eigenvalue weighted by Gasteiger charge is 2.22. The zero-order valence-electron chi connectivity index (χ0n) is 10.4. The highest BCUT2D eigenvalue weighted by atomic mass is 35.5. The molecule has 3 nitrogen and oxygen atoms in total. The summed E-state index contributed by atoms with van der Waals surface area (Å²) in [6.45, 7) is 4.43. The third kappa shape index (κ3) is 4.71. The quantitative estimate of drug-likeness (QED) is 0.801. The van der Waals surface area contributed by atoms with Gasteiger partial charge in [0.1, 0.15) is 0 Å². The van der Waals surface area contributed by atoms with Crippen LogP contribution in [-0.2, 0) is 4.79 Å². The zero-order valence-corrected chi connectivity index (χ0v) is 11.2. The lowest BCUT2D eigenvalue weighted by Gasteiger charge is -2.29. The second-order valence-electron chi connectivity index (χ2n) is 4.83. The highest BCUT2D eigenvalue weighted by Crippen LogP contribution is 2.26. The van der Waals surface area contributed by atoms with Gasteiger partial charge in [-0.3, -0.25) is 4.79 Å². The summed E-state index contributed by atoms with van der Waals surface area (Å²) in [7, 11) is 0. The van der Waals surface area contributed by atoms with E-state index in [1.165, 1.54) is 32.1 Å². The predicted octanol–water partition coefficient (Wildman–Crippen LogP) is 2.09. The van der Waals surface area contributed by atoms with Crippen LogP contribution in [0.1, 0.15) is 46.0 Å². The van der Waals surface area contributed by atoms with Crippen molar-refractivity contribution in [3.63, 3.8) is 0 Å². The maximum Gasteiger partial charge on any atom is 0.224 e. The van der Waals surface area contributed by atoms with E-state index in [-0.39, 0.29) is 24.2 Å². The lowest BCUT2D eigenvalue weighted by atomic mass is 9.84. The van der Waals surface area contributed by atoms with Crippen molar-refractivity contribution in [2.75, 3.05) is 6.54 Å². The predicted molar refractivity (Wildman–Crippen MR) is 69.6 cm³/mol. The average Bonchev–Trinajstić information content (AvgIpc) is 2.29. The van der Waals surface area contributed by atoms with Gasteiger partial charge in [0, 0.05) is 18.5 Å². The molecule has 0 radical (unpaired) electrons. The second kappa shape index (κ2) is 7.91. The summed E-state index contributed by atoms with van der Waals surface area (Å²) in [6.07, 6.45) is 6.52. The van der Waals surface area contributed by atoms with E-state index in [1.54, 1.807) is 0 Å². The molecule has 0 heterocycles. The summed E-state index contributed by atoms with van der Waals surface area (Å²) in [5.41, 5.74) is 5.47. The van der Waals surface area contributed by atoms with Gasteiger partial charge in [0.25, 0.3) is 0 Å². The second-order valence-corrected chi connectivity index (χ2v) is 4.83. The van der Waals surface area contributed by atoms with E-state index in [0.717, 1.165) is 0 Å². The minimum absolute atomic E-state index is 0. The third-order valence-corrected chi connectivity index (χ3v) is 3.53. The third-order valence-electron chi connectivity index (χ3n) is 3.53. The van der Waals surface area contributed by atoms with Gasteiger partial charge in [0.2, 0.25) is 5.91 Å². The Bertz CT molecular complexity index is 205. The van der Waals surface area contributed by atoms with Crippen LogP contribution in [0.3, 0.4) is 0 Å². The molecular weight excluding hydrogens is 224 g/mol. The smallest absolute Gasteiger partial charge is 0.224 e. The van der Waals surface area contributed by atoms with Crippen LogP contribution in [0.2, 0.25) is 0 Å². The fourth-order valence-corrected chi connectivity index (χ4v) is 2.23. The van der Waals surface area contributed by atoms with E-state index in [4.69, 9.17) is 5.73 Å². The van der Waals surface area contributed by atoms with Crippen molar-refractivity contribution < 1.29 is 4.79 Å². The molecule has 0 aromatic carbocycles. The molecule has 1 amide bonds. The zero-order chi connectivity index (χ0) is 11.3. The molecule has 2 atom stereocenters. The number of carbonyl (C=O) groups is 1. The Balaban J connectivity index is 0.00000225. The first-order valence-electron chi connectivity index (χ1n) is 6.15. The largest absolute Gasteiger partial charge is 0.353 e. The maximum absolute atomic E-state index is 11.6. The number of amides is 1. The van der Waals surface area contributed by atoms with Crippen LogP contribution >= 0.6 is 12.4 Å². The molecule has 1 aliphatic carbocycles. The van der Waals surface area contributed by atoms with Gasteiger partial charge in [-0.25, -0.2) is 0 Å². The summed E-state index contributed by atoms with van der Waals surface area (Å²) in [6, 6.07) is 0.312. The number of rotatable bonds is 4. The van der Waals surface area contributed by atoms with Gasteiger partial charge in [-0.15, -0.1) is 12.4 Å². The molecule has 0 aromatic heterocycles. The Kier molecular flexibility index (Phi) is 7.77. The van der Waals surface area contributed by atoms with Gasteiger partial charge in [-0.1, -0.05) is 26.2 Å². The topological polar surface area (TPSA) is 55.1 Å². The molecule has 1 fully saturated rings. The first kappa shape index (κ1) is 15.7. The minimum atomic E-state index is -0.0592. The van der Waals surface area contributed by atoms with Crippen LogP contribution in [0.15, 0.2) is 0 Å². The molecule has 1 saturated carbocycles. The van der Waals surface area contributed by atoms with Crippen molar-refractivity contribution in [3.8, 4) is 0 Å². The van der Waals surface area contributed by atoms with Gasteiger partial charge >= 0.3 is 0 Å². The first-order chi connectivity index (χ1) is 7.15. The van der Waals surface area contributed by atoms with Crippen molar-refractivity contribution in [2.45, 2.75) is 52.0 Å². The molecule has 16 heavy (non-hydrogen) atoms. The molecule has 2 unspecified atom stereocenters. The number of hydrogen-bond donors (Lipinski definition) is 2. The molecule has 1 aliphatic rings. The summed E-state index contributed by atoms with van der Waals surface area (Å²) in [4.78, 5) is 11.6. The Morgan fingerprint density at radius 3 is 2.38 bits per heavy atom. The van der Waals surface area contributed by atoms with Crippen LogP contribution in [0.25, 0.3) is 0 Å². The van der Waals surface area contributed by atoms with Gasteiger partial charge in [0.15, 0.2) is 0 Å². The van der Waals surface area contributed by atoms with Crippen LogP contribution in [0.5, 0.6) is 0 Å². The Hall–Kier alpha value is -0.280. The summed E-state index contributed by atoms with van der Waals surface area (Å²) >= 11 is 0. The van der Waals surface area contributed by atoms with Gasteiger partial charge < -0.3 is 11.1 Å². The molecule has 96 valence electrons. The lowest BCUT2D eigenvalue weighted by Crippen LogP contribution is -2.42. The Morgan fingerprint density at radius 1 is 1.31 bits per heavy atom. The number of halogens is 1. The maximum atomic E-state index is 11.6. The van der Waals surface area contributed by atoms with E-state index in [9.17, 15) is 4.79 Å². The SMILES string of the molecule is CC(CN)C(=O)NC(C)C1CCCCC1.Cl. The fourth-order valence-electron chi connectivity index (χ4n) is 2.23. The van der Waals surface area contributed by atoms with E-state index in [1.807, 2.05) is 6.92 Å². The lowest BCUT2D eigenvalue weighted by molar-refractivity contribution is -0.125. The van der Waals surface area contributed by atoms with Crippen LogP contribution < -0.4 is 11.1 Å². The average molecular weight is 249 g/mol. The van der Waals surface area contributed by atoms with E-state index < -0.39 is 0 Å². The minimum Gasteiger partial charge on any atom is -0.353 e. The molecule has 0 bridgehead atoms. The monoisotopic (exact) mass is 248 g/mol.